The Balaban J connectivity index is 1.53. The quantitative estimate of drug-likeness (QED) is 0.552. The van der Waals surface area contributed by atoms with Crippen LogP contribution in [0.15, 0.2) is 24.3 Å². The first-order chi connectivity index (χ1) is 13.5. The summed E-state index contributed by atoms with van der Waals surface area (Å²) in [5.41, 5.74) is 0.676. The minimum absolute atomic E-state index is 0.0381. The summed E-state index contributed by atoms with van der Waals surface area (Å²) in [6.07, 6.45) is 1.22. The zero-order chi connectivity index (χ0) is 20.1. The molecule has 2 saturated heterocycles. The van der Waals surface area contributed by atoms with E-state index >= 15 is 0 Å². The number of hydrogen-bond acceptors (Lipinski definition) is 6. The molecule has 2 aliphatic heterocycles. The van der Waals surface area contributed by atoms with Gasteiger partial charge >= 0.3 is 0 Å². The molecular formula is C19H26N4O5. The molecule has 0 N–H and O–H groups in total. The van der Waals surface area contributed by atoms with Gasteiger partial charge in [-0.05, 0) is 18.9 Å². The van der Waals surface area contributed by atoms with E-state index in [9.17, 15) is 19.7 Å². The highest BCUT2D eigenvalue weighted by Crippen LogP contribution is 2.31. The molecule has 1 aromatic rings. The molecule has 0 spiro atoms. The zero-order valence-corrected chi connectivity index (χ0v) is 16.1. The van der Waals surface area contributed by atoms with Crippen molar-refractivity contribution in [1.82, 2.24) is 9.80 Å². The van der Waals surface area contributed by atoms with Gasteiger partial charge in [-0.3, -0.25) is 19.7 Å². The number of ether oxygens (including phenoxy) is 1. The minimum atomic E-state index is -0.377. The lowest BCUT2D eigenvalue weighted by Crippen LogP contribution is -2.48. The Morgan fingerprint density at radius 3 is 2.46 bits per heavy atom. The highest BCUT2D eigenvalue weighted by Gasteiger charge is 2.30. The molecule has 1 aromatic carbocycles. The van der Waals surface area contributed by atoms with Gasteiger partial charge in [-0.2, -0.15) is 0 Å². The number of benzene rings is 1. The fourth-order valence-corrected chi connectivity index (χ4v) is 3.76. The number of para-hydroxylation sites is 2. The third-order valence-electron chi connectivity index (χ3n) is 5.38. The first-order valence-corrected chi connectivity index (χ1v) is 9.56. The molecule has 9 nitrogen and oxygen atoms in total. The number of morpholine rings is 1. The lowest BCUT2D eigenvalue weighted by atomic mass is 9.95. The van der Waals surface area contributed by atoms with E-state index in [-0.39, 0.29) is 34.9 Å². The van der Waals surface area contributed by atoms with Gasteiger partial charge in [-0.25, -0.2) is 0 Å². The fraction of sp³-hybridized carbons (Fsp3) is 0.579. The van der Waals surface area contributed by atoms with Crippen LogP contribution in [0.25, 0.3) is 0 Å². The van der Waals surface area contributed by atoms with E-state index in [1.165, 1.54) is 11.0 Å². The molecule has 2 heterocycles. The van der Waals surface area contributed by atoms with Gasteiger partial charge < -0.3 is 19.4 Å². The molecule has 0 aromatic heterocycles. The summed E-state index contributed by atoms with van der Waals surface area (Å²) in [7, 11) is 1.66. The van der Waals surface area contributed by atoms with Gasteiger partial charge in [-0.1, -0.05) is 12.1 Å². The Hall–Kier alpha value is -2.68. The summed E-state index contributed by atoms with van der Waals surface area (Å²) in [5, 5.41) is 11.2. The van der Waals surface area contributed by atoms with E-state index in [0.29, 0.717) is 57.9 Å². The third kappa shape index (κ3) is 4.59. The standard InChI is InChI=1S/C19H26N4O5/c1-20(14-18(24)22-10-12-28-13-11-22)19(25)15-6-8-21(9-7-15)16-4-2-3-5-17(16)23(26)27/h2-5,15H,6-14H2,1H3. The molecule has 0 aliphatic carbocycles. The van der Waals surface area contributed by atoms with E-state index in [1.807, 2.05) is 4.90 Å². The van der Waals surface area contributed by atoms with Crippen molar-refractivity contribution in [3.05, 3.63) is 34.4 Å². The lowest BCUT2D eigenvalue weighted by Gasteiger charge is -2.34. The second-order valence-corrected chi connectivity index (χ2v) is 7.19. The Labute approximate surface area is 164 Å². The highest BCUT2D eigenvalue weighted by atomic mass is 16.6. The summed E-state index contributed by atoms with van der Waals surface area (Å²) in [6.45, 7) is 3.42. The normalized spacial score (nSPS) is 18.0. The number of nitro benzene ring substituents is 1. The van der Waals surface area contributed by atoms with Gasteiger partial charge in [-0.15, -0.1) is 0 Å². The van der Waals surface area contributed by atoms with Gasteiger partial charge in [0.05, 0.1) is 24.7 Å². The molecule has 9 heteroatoms. The van der Waals surface area contributed by atoms with E-state index in [2.05, 4.69) is 0 Å². The van der Waals surface area contributed by atoms with Crippen LogP contribution < -0.4 is 4.90 Å². The van der Waals surface area contributed by atoms with Crippen molar-refractivity contribution in [2.75, 3.05) is 57.9 Å². The second-order valence-electron chi connectivity index (χ2n) is 7.19. The number of likely N-dealkylation sites (N-methyl/N-ethyl adjacent to an activating group) is 1. The molecule has 152 valence electrons. The Morgan fingerprint density at radius 1 is 1.18 bits per heavy atom. The van der Waals surface area contributed by atoms with Crippen LogP contribution in [-0.2, 0) is 14.3 Å². The van der Waals surface area contributed by atoms with E-state index in [4.69, 9.17) is 4.74 Å². The first-order valence-electron chi connectivity index (χ1n) is 9.56. The van der Waals surface area contributed by atoms with Crippen molar-refractivity contribution in [2.45, 2.75) is 12.8 Å². The largest absolute Gasteiger partial charge is 0.378 e. The summed E-state index contributed by atoms with van der Waals surface area (Å²) in [6, 6.07) is 6.67. The summed E-state index contributed by atoms with van der Waals surface area (Å²) < 4.78 is 5.25. The van der Waals surface area contributed by atoms with Gasteiger partial charge in [0, 0.05) is 45.2 Å². The molecule has 0 radical (unpaired) electrons. The highest BCUT2D eigenvalue weighted by molar-refractivity contribution is 5.86. The third-order valence-corrected chi connectivity index (χ3v) is 5.38. The summed E-state index contributed by atoms with van der Waals surface area (Å²) in [5.74, 6) is -0.262. The van der Waals surface area contributed by atoms with E-state index in [0.717, 1.165) is 0 Å². The van der Waals surface area contributed by atoms with E-state index in [1.54, 1.807) is 30.1 Å². The average molecular weight is 390 g/mol. The first kappa shape index (κ1) is 20.1. The molecule has 0 saturated carbocycles. The van der Waals surface area contributed by atoms with Crippen LogP contribution in [0.1, 0.15) is 12.8 Å². The number of rotatable bonds is 5. The molecule has 2 fully saturated rings. The number of amides is 2. The number of carbonyl (C=O) groups is 2. The Bertz CT molecular complexity index is 727. The summed E-state index contributed by atoms with van der Waals surface area (Å²) >= 11 is 0. The van der Waals surface area contributed by atoms with Crippen LogP contribution in [0.3, 0.4) is 0 Å². The SMILES string of the molecule is CN(CC(=O)N1CCOCC1)C(=O)C1CCN(c2ccccc2[N+](=O)[O-])CC1. The van der Waals surface area contributed by atoms with Crippen molar-refractivity contribution in [3.63, 3.8) is 0 Å². The number of hydrogen-bond donors (Lipinski definition) is 0. The summed E-state index contributed by atoms with van der Waals surface area (Å²) in [4.78, 5) is 41.1. The molecule has 0 unspecified atom stereocenters. The number of nitrogens with zero attached hydrogens (tertiary/aromatic N) is 4. The lowest BCUT2D eigenvalue weighted by molar-refractivity contribution is -0.384. The van der Waals surface area contributed by atoms with Crippen LogP contribution in [0.2, 0.25) is 0 Å². The Morgan fingerprint density at radius 2 is 1.82 bits per heavy atom. The smallest absolute Gasteiger partial charge is 0.292 e. The monoisotopic (exact) mass is 390 g/mol. The number of carbonyl (C=O) groups excluding carboxylic acids is 2. The van der Waals surface area contributed by atoms with Crippen LogP contribution in [-0.4, -0.2) is 79.5 Å². The van der Waals surface area contributed by atoms with Crippen LogP contribution in [0.5, 0.6) is 0 Å². The van der Waals surface area contributed by atoms with Gasteiger partial charge in [0.25, 0.3) is 5.69 Å². The topological polar surface area (TPSA) is 96.2 Å². The van der Waals surface area contributed by atoms with Crippen molar-refractivity contribution < 1.29 is 19.2 Å². The minimum Gasteiger partial charge on any atom is -0.378 e. The molecule has 0 atom stereocenters. The number of nitro groups is 1. The molecular weight excluding hydrogens is 364 g/mol. The maximum Gasteiger partial charge on any atom is 0.292 e. The average Bonchev–Trinajstić information content (AvgIpc) is 2.73. The molecule has 0 bridgehead atoms. The predicted octanol–water partition coefficient (Wildman–Crippen LogP) is 1.13. The van der Waals surface area contributed by atoms with Crippen molar-refractivity contribution in [3.8, 4) is 0 Å². The van der Waals surface area contributed by atoms with Crippen LogP contribution >= 0.6 is 0 Å². The van der Waals surface area contributed by atoms with Crippen molar-refractivity contribution in [2.24, 2.45) is 5.92 Å². The van der Waals surface area contributed by atoms with Crippen molar-refractivity contribution >= 4 is 23.2 Å². The predicted molar refractivity (Wildman–Crippen MR) is 103 cm³/mol. The second kappa shape index (κ2) is 9.01. The maximum atomic E-state index is 12.7. The fourth-order valence-electron chi connectivity index (χ4n) is 3.76. The molecule has 2 aliphatic rings. The van der Waals surface area contributed by atoms with E-state index < -0.39 is 0 Å². The molecule has 28 heavy (non-hydrogen) atoms. The zero-order valence-electron chi connectivity index (χ0n) is 16.1. The van der Waals surface area contributed by atoms with Crippen LogP contribution in [0, 0.1) is 16.0 Å². The molecule has 3 rings (SSSR count). The number of anilines is 1. The van der Waals surface area contributed by atoms with Gasteiger partial charge in [0.15, 0.2) is 0 Å². The Kier molecular flexibility index (Phi) is 6.45. The van der Waals surface area contributed by atoms with Gasteiger partial charge in [0.2, 0.25) is 11.8 Å². The number of piperidine rings is 1. The van der Waals surface area contributed by atoms with Gasteiger partial charge in [0.1, 0.15) is 5.69 Å². The maximum absolute atomic E-state index is 12.7. The molecule has 2 amide bonds. The van der Waals surface area contributed by atoms with Crippen LogP contribution in [0.4, 0.5) is 11.4 Å². The van der Waals surface area contributed by atoms with Crippen molar-refractivity contribution in [1.29, 1.82) is 0 Å².